The fourth-order valence-electron chi connectivity index (χ4n) is 1.44. The van der Waals surface area contributed by atoms with E-state index in [0.29, 0.717) is 0 Å². The Labute approximate surface area is 90.8 Å². The van der Waals surface area contributed by atoms with E-state index in [4.69, 9.17) is 0 Å². The van der Waals surface area contributed by atoms with Crippen LogP contribution in [0.3, 0.4) is 0 Å². The Bertz CT molecular complexity index is 247. The van der Waals surface area contributed by atoms with E-state index in [9.17, 15) is 0 Å². The summed E-state index contributed by atoms with van der Waals surface area (Å²) in [6.07, 6.45) is 3.37. The molecule has 0 aliphatic rings. The van der Waals surface area contributed by atoms with Gasteiger partial charge in [-0.3, -0.25) is 0 Å². The van der Waals surface area contributed by atoms with Gasteiger partial charge in [-0.2, -0.15) is 0 Å². The van der Waals surface area contributed by atoms with Crippen molar-refractivity contribution in [3.63, 3.8) is 0 Å². The third-order valence-corrected chi connectivity index (χ3v) is 3.42. The van der Waals surface area contributed by atoms with Gasteiger partial charge in [0.25, 0.3) is 0 Å². The molecule has 0 spiro atoms. The van der Waals surface area contributed by atoms with Crippen LogP contribution in [0.1, 0.15) is 42.8 Å². The number of thiazole rings is 1. The van der Waals surface area contributed by atoms with E-state index < -0.39 is 0 Å². The highest BCUT2D eigenvalue weighted by Gasteiger charge is 2.06. The first-order valence-corrected chi connectivity index (χ1v) is 6.31. The van der Waals surface area contributed by atoms with Gasteiger partial charge in [-0.25, -0.2) is 4.98 Å². The molecule has 0 aromatic carbocycles. The summed E-state index contributed by atoms with van der Waals surface area (Å²) in [5, 5.41) is 4.63. The van der Waals surface area contributed by atoms with Crippen molar-refractivity contribution in [2.45, 2.75) is 46.6 Å². The molecule has 0 amide bonds. The zero-order valence-corrected chi connectivity index (χ0v) is 10.2. The van der Waals surface area contributed by atoms with Crippen molar-refractivity contribution in [2.75, 3.05) is 6.54 Å². The molecule has 1 rings (SSSR count). The number of hydrogen-bond acceptors (Lipinski definition) is 3. The minimum Gasteiger partial charge on any atom is -0.310 e. The summed E-state index contributed by atoms with van der Waals surface area (Å²) in [5.74, 6) is 0. The zero-order chi connectivity index (χ0) is 10.4. The molecule has 0 atom stereocenters. The standard InChI is InChI=1S/C11H20N2S/c1-4-7-12-8-11-13-9(5-2)10(6-3)14-11/h12H,4-8H2,1-3H3. The number of aromatic nitrogens is 1. The summed E-state index contributed by atoms with van der Waals surface area (Å²) in [5.41, 5.74) is 1.30. The van der Waals surface area contributed by atoms with Gasteiger partial charge in [0.1, 0.15) is 5.01 Å². The predicted molar refractivity (Wildman–Crippen MR) is 62.9 cm³/mol. The fourth-order valence-corrected chi connectivity index (χ4v) is 2.50. The van der Waals surface area contributed by atoms with E-state index in [0.717, 1.165) is 25.9 Å². The van der Waals surface area contributed by atoms with Gasteiger partial charge < -0.3 is 5.32 Å². The van der Waals surface area contributed by atoms with E-state index in [2.05, 4.69) is 31.1 Å². The SMILES string of the molecule is CCCNCc1nc(CC)c(CC)s1. The van der Waals surface area contributed by atoms with Crippen LogP contribution in [-0.2, 0) is 19.4 Å². The Morgan fingerprint density at radius 1 is 1.21 bits per heavy atom. The van der Waals surface area contributed by atoms with Crippen LogP contribution in [-0.4, -0.2) is 11.5 Å². The lowest BCUT2D eigenvalue weighted by Crippen LogP contribution is -2.13. The summed E-state index contributed by atoms with van der Waals surface area (Å²) in [6.45, 7) is 8.59. The minimum atomic E-state index is 0.936. The van der Waals surface area contributed by atoms with Gasteiger partial charge in [0.15, 0.2) is 0 Å². The van der Waals surface area contributed by atoms with Gasteiger partial charge in [-0.15, -0.1) is 11.3 Å². The van der Waals surface area contributed by atoms with E-state index in [1.54, 1.807) is 0 Å². The molecule has 80 valence electrons. The Morgan fingerprint density at radius 3 is 2.50 bits per heavy atom. The van der Waals surface area contributed by atoms with Gasteiger partial charge in [-0.05, 0) is 25.8 Å². The molecule has 1 N–H and O–H groups in total. The molecule has 2 nitrogen and oxygen atoms in total. The Hall–Kier alpha value is -0.410. The average Bonchev–Trinajstić information content (AvgIpc) is 2.61. The summed E-state index contributed by atoms with van der Waals surface area (Å²) in [4.78, 5) is 6.09. The largest absolute Gasteiger partial charge is 0.310 e. The molecule has 0 unspecified atom stereocenters. The van der Waals surface area contributed by atoms with Crippen molar-refractivity contribution >= 4 is 11.3 Å². The normalized spacial score (nSPS) is 10.8. The highest BCUT2D eigenvalue weighted by atomic mass is 32.1. The van der Waals surface area contributed by atoms with Crippen LogP contribution >= 0.6 is 11.3 Å². The second kappa shape index (κ2) is 6.14. The Balaban J connectivity index is 2.55. The van der Waals surface area contributed by atoms with Crippen LogP contribution < -0.4 is 5.32 Å². The zero-order valence-electron chi connectivity index (χ0n) is 9.39. The second-order valence-corrected chi connectivity index (χ2v) is 4.53. The van der Waals surface area contributed by atoms with E-state index in [1.807, 2.05) is 11.3 Å². The molecule has 0 aliphatic heterocycles. The van der Waals surface area contributed by atoms with Crippen LogP contribution in [0, 0.1) is 0 Å². The molecule has 1 aromatic heterocycles. The third kappa shape index (κ3) is 3.07. The quantitative estimate of drug-likeness (QED) is 0.733. The van der Waals surface area contributed by atoms with Crippen molar-refractivity contribution in [1.82, 2.24) is 10.3 Å². The highest BCUT2D eigenvalue weighted by Crippen LogP contribution is 2.19. The maximum absolute atomic E-state index is 4.63. The van der Waals surface area contributed by atoms with Crippen molar-refractivity contribution in [3.8, 4) is 0 Å². The summed E-state index contributed by atoms with van der Waals surface area (Å²) < 4.78 is 0. The molecule has 1 aromatic rings. The molecular formula is C11H20N2S. The van der Waals surface area contributed by atoms with Gasteiger partial charge in [-0.1, -0.05) is 20.8 Å². The van der Waals surface area contributed by atoms with Gasteiger partial charge in [0, 0.05) is 11.4 Å². The molecule has 0 saturated heterocycles. The lowest BCUT2D eigenvalue weighted by atomic mass is 10.2. The number of aryl methyl sites for hydroxylation is 2. The Morgan fingerprint density at radius 2 is 2.00 bits per heavy atom. The monoisotopic (exact) mass is 212 g/mol. The fraction of sp³-hybridized carbons (Fsp3) is 0.727. The smallest absolute Gasteiger partial charge is 0.107 e. The van der Waals surface area contributed by atoms with Crippen molar-refractivity contribution in [1.29, 1.82) is 0 Å². The molecule has 14 heavy (non-hydrogen) atoms. The molecule has 3 heteroatoms. The van der Waals surface area contributed by atoms with Crippen LogP contribution in [0.15, 0.2) is 0 Å². The molecule has 1 heterocycles. The van der Waals surface area contributed by atoms with E-state index in [1.165, 1.54) is 22.0 Å². The topological polar surface area (TPSA) is 24.9 Å². The number of nitrogens with one attached hydrogen (secondary N) is 1. The predicted octanol–water partition coefficient (Wildman–Crippen LogP) is 2.77. The van der Waals surface area contributed by atoms with E-state index in [-0.39, 0.29) is 0 Å². The molecular weight excluding hydrogens is 192 g/mol. The lowest BCUT2D eigenvalue weighted by molar-refractivity contribution is 0.671. The molecule has 0 saturated carbocycles. The summed E-state index contributed by atoms with van der Waals surface area (Å²) >= 11 is 1.86. The third-order valence-electron chi connectivity index (χ3n) is 2.18. The van der Waals surface area contributed by atoms with Crippen LogP contribution in [0.2, 0.25) is 0 Å². The second-order valence-electron chi connectivity index (χ2n) is 3.36. The first kappa shape index (κ1) is 11.7. The first-order chi connectivity index (χ1) is 6.81. The molecule has 0 fully saturated rings. The summed E-state index contributed by atoms with van der Waals surface area (Å²) in [6, 6.07) is 0. The van der Waals surface area contributed by atoms with Crippen molar-refractivity contribution < 1.29 is 0 Å². The number of rotatable bonds is 6. The maximum atomic E-state index is 4.63. The summed E-state index contributed by atoms with van der Waals surface area (Å²) in [7, 11) is 0. The maximum Gasteiger partial charge on any atom is 0.107 e. The Kier molecular flexibility index (Phi) is 5.12. The molecule has 0 bridgehead atoms. The lowest BCUT2D eigenvalue weighted by Gasteiger charge is -1.97. The highest BCUT2D eigenvalue weighted by molar-refractivity contribution is 7.11. The van der Waals surface area contributed by atoms with Crippen molar-refractivity contribution in [2.24, 2.45) is 0 Å². The number of nitrogens with zero attached hydrogens (tertiary/aromatic N) is 1. The van der Waals surface area contributed by atoms with Crippen LogP contribution in [0.4, 0.5) is 0 Å². The van der Waals surface area contributed by atoms with Crippen molar-refractivity contribution in [3.05, 3.63) is 15.6 Å². The number of hydrogen-bond donors (Lipinski definition) is 1. The first-order valence-electron chi connectivity index (χ1n) is 5.49. The van der Waals surface area contributed by atoms with Gasteiger partial charge in [0.05, 0.1) is 5.69 Å². The van der Waals surface area contributed by atoms with Crippen LogP contribution in [0.25, 0.3) is 0 Å². The molecule has 0 aliphatic carbocycles. The van der Waals surface area contributed by atoms with E-state index >= 15 is 0 Å². The minimum absolute atomic E-state index is 0.936. The average molecular weight is 212 g/mol. The van der Waals surface area contributed by atoms with Gasteiger partial charge >= 0.3 is 0 Å². The van der Waals surface area contributed by atoms with Gasteiger partial charge in [0.2, 0.25) is 0 Å². The van der Waals surface area contributed by atoms with Crippen LogP contribution in [0.5, 0.6) is 0 Å². The molecule has 0 radical (unpaired) electrons.